The molecular weight excluding hydrogens is 282 g/mol. The number of nitrogens with one attached hydrogen (secondary N) is 1. The maximum atomic E-state index is 9.25. The first-order valence-corrected chi connectivity index (χ1v) is 6.75. The number of aromatic nitrogens is 1. The molecule has 0 spiro atoms. The van der Waals surface area contributed by atoms with Crippen molar-refractivity contribution in [2.75, 3.05) is 24.2 Å². The Morgan fingerprint density at radius 1 is 1.47 bits per heavy atom. The highest BCUT2D eigenvalue weighted by Gasteiger charge is 2.26. The molecule has 1 saturated carbocycles. The number of hydrogen-bond donors (Lipinski definition) is 3. The third kappa shape index (κ3) is 3.10. The van der Waals surface area contributed by atoms with Gasteiger partial charge in [0.15, 0.2) is 0 Å². The molecule has 1 aliphatic rings. The van der Waals surface area contributed by atoms with Crippen LogP contribution in [0.15, 0.2) is 16.7 Å². The number of nitrogens with zero attached hydrogens (tertiary/aromatic N) is 1. The van der Waals surface area contributed by atoms with Crippen molar-refractivity contribution in [1.29, 1.82) is 0 Å². The van der Waals surface area contributed by atoms with Gasteiger partial charge in [0.05, 0.1) is 5.69 Å². The summed E-state index contributed by atoms with van der Waals surface area (Å²) >= 11 is 3.33. The topological polar surface area (TPSA) is 71.2 Å². The number of hydrogen-bond acceptors (Lipinski definition) is 4. The Bertz CT molecular complexity index is 386. The standard InChI is InChI=1S/C12H18BrN3O/c13-10-4-11(14)12(16-6-10)15-5-8-2-1-3-9(8)7-17/h4,6,8-9,17H,1-3,5,7,14H2,(H,15,16). The van der Waals surface area contributed by atoms with Gasteiger partial charge in [-0.05, 0) is 46.7 Å². The van der Waals surface area contributed by atoms with Gasteiger partial charge in [0, 0.05) is 23.8 Å². The first-order valence-electron chi connectivity index (χ1n) is 5.96. The first kappa shape index (κ1) is 12.6. The number of anilines is 2. The van der Waals surface area contributed by atoms with Gasteiger partial charge in [-0.3, -0.25) is 0 Å². The summed E-state index contributed by atoms with van der Waals surface area (Å²) in [6, 6.07) is 1.84. The molecule has 1 aliphatic carbocycles. The van der Waals surface area contributed by atoms with E-state index in [0.29, 0.717) is 17.5 Å². The largest absolute Gasteiger partial charge is 0.396 e. The predicted molar refractivity (Wildman–Crippen MR) is 72.8 cm³/mol. The van der Waals surface area contributed by atoms with Gasteiger partial charge in [-0.2, -0.15) is 0 Å². The molecular formula is C12H18BrN3O. The van der Waals surface area contributed by atoms with Crippen LogP contribution in [0.1, 0.15) is 19.3 Å². The number of nitrogens with two attached hydrogens (primary N) is 1. The molecule has 1 heterocycles. The van der Waals surface area contributed by atoms with Crippen LogP contribution < -0.4 is 11.1 Å². The molecule has 2 unspecified atom stereocenters. The molecule has 0 aliphatic heterocycles. The smallest absolute Gasteiger partial charge is 0.149 e. The summed E-state index contributed by atoms with van der Waals surface area (Å²) in [6.45, 7) is 1.12. The Morgan fingerprint density at radius 3 is 2.94 bits per heavy atom. The number of aliphatic hydroxyl groups excluding tert-OH is 1. The van der Waals surface area contributed by atoms with Crippen molar-refractivity contribution in [3.05, 3.63) is 16.7 Å². The molecule has 2 atom stereocenters. The van der Waals surface area contributed by atoms with Gasteiger partial charge in [0.2, 0.25) is 0 Å². The Labute approximate surface area is 110 Å². The summed E-state index contributed by atoms with van der Waals surface area (Å²) < 4.78 is 0.884. The van der Waals surface area contributed by atoms with Crippen molar-refractivity contribution in [3.63, 3.8) is 0 Å². The minimum atomic E-state index is 0.287. The average molecular weight is 300 g/mol. The number of rotatable bonds is 4. The Kier molecular flexibility index (Phi) is 4.23. The van der Waals surface area contributed by atoms with Crippen molar-refractivity contribution in [3.8, 4) is 0 Å². The second-order valence-corrected chi connectivity index (χ2v) is 5.52. The monoisotopic (exact) mass is 299 g/mol. The van der Waals surface area contributed by atoms with E-state index in [1.807, 2.05) is 6.07 Å². The van der Waals surface area contributed by atoms with Gasteiger partial charge < -0.3 is 16.2 Å². The van der Waals surface area contributed by atoms with E-state index in [1.54, 1.807) is 6.20 Å². The van der Waals surface area contributed by atoms with Gasteiger partial charge in [-0.15, -0.1) is 0 Å². The molecule has 0 radical (unpaired) electrons. The van der Waals surface area contributed by atoms with E-state index in [2.05, 4.69) is 26.2 Å². The van der Waals surface area contributed by atoms with E-state index < -0.39 is 0 Å². The maximum absolute atomic E-state index is 9.25. The molecule has 17 heavy (non-hydrogen) atoms. The summed E-state index contributed by atoms with van der Waals surface area (Å²) in [4.78, 5) is 4.24. The quantitative estimate of drug-likeness (QED) is 0.797. The number of halogens is 1. The van der Waals surface area contributed by atoms with Crippen LogP contribution in [0.4, 0.5) is 11.5 Å². The van der Waals surface area contributed by atoms with Gasteiger partial charge in [-0.25, -0.2) is 4.98 Å². The van der Waals surface area contributed by atoms with Crippen molar-refractivity contribution in [1.82, 2.24) is 4.98 Å². The fraction of sp³-hybridized carbons (Fsp3) is 0.583. The molecule has 1 aromatic rings. The summed E-state index contributed by atoms with van der Waals surface area (Å²) in [5.74, 6) is 1.70. The SMILES string of the molecule is Nc1cc(Br)cnc1NCC1CCCC1CO. The summed E-state index contributed by atoms with van der Waals surface area (Å²) in [5.41, 5.74) is 6.52. The van der Waals surface area contributed by atoms with Crippen LogP contribution in [-0.4, -0.2) is 23.2 Å². The van der Waals surface area contributed by atoms with Crippen LogP contribution in [0.2, 0.25) is 0 Å². The van der Waals surface area contributed by atoms with E-state index in [-0.39, 0.29) is 6.61 Å². The second kappa shape index (κ2) is 5.69. The van der Waals surface area contributed by atoms with Gasteiger partial charge in [-0.1, -0.05) is 6.42 Å². The van der Waals surface area contributed by atoms with Crippen LogP contribution in [-0.2, 0) is 0 Å². The third-order valence-electron chi connectivity index (χ3n) is 3.47. The molecule has 0 aromatic carbocycles. The fourth-order valence-electron chi connectivity index (χ4n) is 2.45. The molecule has 0 bridgehead atoms. The zero-order chi connectivity index (χ0) is 12.3. The lowest BCUT2D eigenvalue weighted by molar-refractivity contribution is 0.199. The highest BCUT2D eigenvalue weighted by Crippen LogP contribution is 2.31. The van der Waals surface area contributed by atoms with Crippen LogP contribution >= 0.6 is 15.9 Å². The predicted octanol–water partition coefficient (Wildman–Crippen LogP) is 2.25. The molecule has 4 N–H and O–H groups in total. The van der Waals surface area contributed by atoms with Gasteiger partial charge >= 0.3 is 0 Å². The Morgan fingerprint density at radius 2 is 2.24 bits per heavy atom. The highest BCUT2D eigenvalue weighted by molar-refractivity contribution is 9.10. The van der Waals surface area contributed by atoms with E-state index in [0.717, 1.165) is 23.3 Å². The Hall–Kier alpha value is -0.810. The van der Waals surface area contributed by atoms with Crippen molar-refractivity contribution in [2.24, 2.45) is 11.8 Å². The Balaban J connectivity index is 1.93. The number of pyridine rings is 1. The molecule has 0 saturated heterocycles. The molecule has 0 amide bonds. The second-order valence-electron chi connectivity index (χ2n) is 4.61. The third-order valence-corrected chi connectivity index (χ3v) is 3.90. The van der Waals surface area contributed by atoms with Crippen LogP contribution in [0.25, 0.3) is 0 Å². The van der Waals surface area contributed by atoms with E-state index in [9.17, 15) is 5.11 Å². The minimum Gasteiger partial charge on any atom is -0.396 e. The molecule has 1 aromatic heterocycles. The summed E-state index contributed by atoms with van der Waals surface area (Å²) in [5, 5.41) is 12.5. The van der Waals surface area contributed by atoms with Crippen LogP contribution in [0.5, 0.6) is 0 Å². The fourth-order valence-corrected chi connectivity index (χ4v) is 2.80. The molecule has 2 rings (SSSR count). The van der Waals surface area contributed by atoms with Crippen LogP contribution in [0.3, 0.4) is 0 Å². The summed E-state index contributed by atoms with van der Waals surface area (Å²) in [6.07, 6.45) is 5.25. The van der Waals surface area contributed by atoms with E-state index >= 15 is 0 Å². The highest BCUT2D eigenvalue weighted by atomic mass is 79.9. The van der Waals surface area contributed by atoms with E-state index in [1.165, 1.54) is 12.8 Å². The van der Waals surface area contributed by atoms with Gasteiger partial charge in [0.1, 0.15) is 5.82 Å². The van der Waals surface area contributed by atoms with Gasteiger partial charge in [0.25, 0.3) is 0 Å². The molecule has 1 fully saturated rings. The number of nitrogen functional groups attached to an aromatic ring is 1. The molecule has 4 nitrogen and oxygen atoms in total. The van der Waals surface area contributed by atoms with Crippen molar-refractivity contribution in [2.45, 2.75) is 19.3 Å². The minimum absolute atomic E-state index is 0.287. The average Bonchev–Trinajstić information content (AvgIpc) is 2.75. The first-order chi connectivity index (χ1) is 8.20. The normalized spacial score (nSPS) is 23.9. The summed E-state index contributed by atoms with van der Waals surface area (Å²) in [7, 11) is 0. The lowest BCUT2D eigenvalue weighted by Gasteiger charge is -2.18. The van der Waals surface area contributed by atoms with E-state index in [4.69, 9.17) is 5.73 Å². The van der Waals surface area contributed by atoms with Crippen molar-refractivity contribution >= 4 is 27.4 Å². The molecule has 5 heteroatoms. The molecule has 94 valence electrons. The number of aliphatic hydroxyl groups is 1. The maximum Gasteiger partial charge on any atom is 0.149 e. The lowest BCUT2D eigenvalue weighted by Crippen LogP contribution is -2.21. The zero-order valence-corrected chi connectivity index (χ0v) is 11.3. The van der Waals surface area contributed by atoms with Crippen LogP contribution in [0, 0.1) is 11.8 Å². The lowest BCUT2D eigenvalue weighted by atomic mass is 9.97. The van der Waals surface area contributed by atoms with Crippen molar-refractivity contribution < 1.29 is 5.11 Å². The zero-order valence-electron chi connectivity index (χ0n) is 9.69.